The first-order valence-corrected chi connectivity index (χ1v) is 6.98. The highest BCUT2D eigenvalue weighted by Crippen LogP contribution is 2.07. The molecule has 0 spiro atoms. The maximum absolute atomic E-state index is 12.0. The first-order chi connectivity index (χ1) is 10.1. The normalized spacial score (nSPS) is 14.7. The second kappa shape index (κ2) is 7.03. The van der Waals surface area contributed by atoms with Gasteiger partial charge in [-0.1, -0.05) is 0 Å². The Labute approximate surface area is 124 Å². The van der Waals surface area contributed by atoms with E-state index in [2.05, 4.69) is 15.6 Å². The van der Waals surface area contributed by atoms with E-state index < -0.39 is 0 Å². The molecular weight excluding hydrogens is 270 g/mol. The zero-order chi connectivity index (χ0) is 15.2. The number of pyridine rings is 1. The van der Waals surface area contributed by atoms with Crippen molar-refractivity contribution in [1.82, 2.24) is 20.1 Å². The van der Waals surface area contributed by atoms with Crippen molar-refractivity contribution >= 4 is 17.6 Å². The third-order valence-corrected chi connectivity index (χ3v) is 3.31. The van der Waals surface area contributed by atoms with Crippen LogP contribution < -0.4 is 10.6 Å². The molecule has 2 amide bonds. The first-order valence-electron chi connectivity index (χ1n) is 6.98. The van der Waals surface area contributed by atoms with E-state index in [9.17, 15) is 9.59 Å². The number of hydrogen-bond acceptors (Lipinski definition) is 5. The van der Waals surface area contributed by atoms with Gasteiger partial charge in [0.1, 0.15) is 5.82 Å². The van der Waals surface area contributed by atoms with E-state index in [0.29, 0.717) is 11.4 Å². The second-order valence-electron chi connectivity index (χ2n) is 5.12. The van der Waals surface area contributed by atoms with Crippen molar-refractivity contribution in [3.8, 4) is 0 Å². The van der Waals surface area contributed by atoms with Gasteiger partial charge in [-0.3, -0.25) is 9.59 Å². The summed E-state index contributed by atoms with van der Waals surface area (Å²) < 4.78 is 0. The van der Waals surface area contributed by atoms with Gasteiger partial charge < -0.3 is 20.4 Å². The number of carbonyl (C=O) groups is 2. The van der Waals surface area contributed by atoms with Gasteiger partial charge in [0.25, 0.3) is 5.91 Å². The Balaban J connectivity index is 1.86. The van der Waals surface area contributed by atoms with E-state index in [0.717, 1.165) is 26.2 Å². The fourth-order valence-electron chi connectivity index (χ4n) is 2.08. The quantitative estimate of drug-likeness (QED) is 0.791. The number of aromatic nitrogens is 1. The molecule has 1 fully saturated rings. The maximum atomic E-state index is 12.0. The van der Waals surface area contributed by atoms with E-state index in [4.69, 9.17) is 0 Å². The van der Waals surface area contributed by atoms with Crippen LogP contribution in [0.3, 0.4) is 0 Å². The summed E-state index contributed by atoms with van der Waals surface area (Å²) in [6, 6.07) is 3.41. The van der Waals surface area contributed by atoms with E-state index in [1.165, 1.54) is 11.1 Å². The molecule has 0 bridgehead atoms. The minimum atomic E-state index is -0.0917. The summed E-state index contributed by atoms with van der Waals surface area (Å²) in [5.74, 6) is 0.562. The number of carbonyl (C=O) groups excluding carboxylic acids is 2. The number of hydrogen-bond donors (Lipinski definition) is 2. The molecule has 0 aliphatic carbocycles. The van der Waals surface area contributed by atoms with Gasteiger partial charge in [-0.2, -0.15) is 0 Å². The molecule has 0 unspecified atom stereocenters. The van der Waals surface area contributed by atoms with E-state index in [-0.39, 0.29) is 18.4 Å². The van der Waals surface area contributed by atoms with E-state index in [1.807, 2.05) is 4.90 Å². The van der Waals surface area contributed by atoms with Crippen molar-refractivity contribution in [3.63, 3.8) is 0 Å². The smallest absolute Gasteiger partial charge is 0.254 e. The number of rotatable bonds is 4. The molecule has 1 aliphatic heterocycles. The molecule has 1 saturated heterocycles. The van der Waals surface area contributed by atoms with Gasteiger partial charge in [0.15, 0.2) is 0 Å². The number of nitrogens with zero attached hydrogens (tertiary/aromatic N) is 3. The minimum absolute atomic E-state index is 0.0618. The lowest BCUT2D eigenvalue weighted by molar-refractivity contribution is -0.129. The van der Waals surface area contributed by atoms with Crippen LogP contribution in [0.25, 0.3) is 0 Å². The molecule has 2 heterocycles. The summed E-state index contributed by atoms with van der Waals surface area (Å²) in [5.41, 5.74) is 0.527. The summed E-state index contributed by atoms with van der Waals surface area (Å²) in [4.78, 5) is 31.2. The largest absolute Gasteiger partial charge is 0.361 e. The topological polar surface area (TPSA) is 77.6 Å². The predicted molar refractivity (Wildman–Crippen MR) is 80.2 cm³/mol. The van der Waals surface area contributed by atoms with Crippen LogP contribution in [-0.4, -0.2) is 73.4 Å². The fraction of sp³-hybridized carbons (Fsp3) is 0.500. The van der Waals surface area contributed by atoms with Crippen molar-refractivity contribution in [2.75, 3.05) is 52.1 Å². The van der Waals surface area contributed by atoms with Crippen molar-refractivity contribution in [1.29, 1.82) is 0 Å². The van der Waals surface area contributed by atoms with Gasteiger partial charge in [0, 0.05) is 46.5 Å². The van der Waals surface area contributed by atoms with Crippen molar-refractivity contribution in [3.05, 3.63) is 23.9 Å². The molecule has 0 radical (unpaired) electrons. The zero-order valence-corrected chi connectivity index (χ0v) is 12.4. The lowest BCUT2D eigenvalue weighted by Crippen LogP contribution is -2.48. The number of nitrogens with one attached hydrogen (secondary N) is 2. The summed E-state index contributed by atoms with van der Waals surface area (Å²) in [6.07, 6.45) is 1.51. The molecule has 7 heteroatoms. The van der Waals surface area contributed by atoms with Crippen LogP contribution >= 0.6 is 0 Å². The van der Waals surface area contributed by atoms with Crippen molar-refractivity contribution in [2.24, 2.45) is 0 Å². The minimum Gasteiger partial charge on any atom is -0.361 e. The summed E-state index contributed by atoms with van der Waals surface area (Å²) in [7, 11) is 3.39. The predicted octanol–water partition coefficient (Wildman–Crippen LogP) is -0.373. The van der Waals surface area contributed by atoms with Gasteiger partial charge in [0.05, 0.1) is 12.1 Å². The molecule has 114 valence electrons. The van der Waals surface area contributed by atoms with Gasteiger partial charge in [-0.05, 0) is 12.1 Å². The lowest BCUT2D eigenvalue weighted by Gasteiger charge is -2.27. The van der Waals surface area contributed by atoms with Gasteiger partial charge in [-0.25, -0.2) is 4.98 Å². The first kappa shape index (κ1) is 15.2. The molecule has 21 heavy (non-hydrogen) atoms. The molecular formula is C14H21N5O2. The Morgan fingerprint density at radius 2 is 2.05 bits per heavy atom. The van der Waals surface area contributed by atoms with Crippen LogP contribution in [0.4, 0.5) is 5.82 Å². The number of piperazine rings is 1. The Morgan fingerprint density at radius 3 is 2.62 bits per heavy atom. The third kappa shape index (κ3) is 4.16. The fourth-order valence-corrected chi connectivity index (χ4v) is 2.08. The summed E-state index contributed by atoms with van der Waals surface area (Å²) in [5, 5.41) is 6.20. The van der Waals surface area contributed by atoms with Crippen LogP contribution in [0, 0.1) is 0 Å². The molecule has 0 atom stereocenters. The highest BCUT2D eigenvalue weighted by atomic mass is 16.2. The van der Waals surface area contributed by atoms with Crippen LogP contribution in [-0.2, 0) is 4.79 Å². The molecule has 0 saturated carbocycles. The Kier molecular flexibility index (Phi) is 5.10. The van der Waals surface area contributed by atoms with Crippen LogP contribution in [0.15, 0.2) is 18.3 Å². The SMILES string of the molecule is CN(C)C(=O)c1ccc(NCC(=O)N2CCNCC2)nc1. The summed E-state index contributed by atoms with van der Waals surface area (Å²) >= 11 is 0. The number of anilines is 1. The standard InChI is InChI=1S/C14H21N5O2/c1-18(2)14(21)11-3-4-12(16-9-11)17-10-13(20)19-7-5-15-6-8-19/h3-4,9,15H,5-8,10H2,1-2H3,(H,16,17). The zero-order valence-electron chi connectivity index (χ0n) is 12.4. The van der Waals surface area contributed by atoms with E-state index in [1.54, 1.807) is 26.2 Å². The average Bonchev–Trinajstić information content (AvgIpc) is 2.53. The van der Waals surface area contributed by atoms with E-state index >= 15 is 0 Å². The van der Waals surface area contributed by atoms with Crippen LogP contribution in [0.1, 0.15) is 10.4 Å². The molecule has 1 aliphatic rings. The van der Waals surface area contributed by atoms with Crippen LogP contribution in [0.2, 0.25) is 0 Å². The molecule has 1 aromatic heterocycles. The highest BCUT2D eigenvalue weighted by molar-refractivity contribution is 5.93. The highest BCUT2D eigenvalue weighted by Gasteiger charge is 2.15. The molecule has 0 aromatic carbocycles. The van der Waals surface area contributed by atoms with Crippen molar-refractivity contribution in [2.45, 2.75) is 0 Å². The van der Waals surface area contributed by atoms with Gasteiger partial charge in [-0.15, -0.1) is 0 Å². The summed E-state index contributed by atoms with van der Waals surface area (Å²) in [6.45, 7) is 3.37. The second-order valence-corrected chi connectivity index (χ2v) is 5.12. The Hall–Kier alpha value is -2.15. The van der Waals surface area contributed by atoms with Crippen molar-refractivity contribution < 1.29 is 9.59 Å². The molecule has 2 N–H and O–H groups in total. The van der Waals surface area contributed by atoms with Gasteiger partial charge >= 0.3 is 0 Å². The monoisotopic (exact) mass is 291 g/mol. The van der Waals surface area contributed by atoms with Crippen LogP contribution in [0.5, 0.6) is 0 Å². The Bertz CT molecular complexity index is 495. The number of amides is 2. The molecule has 2 rings (SSSR count). The molecule has 1 aromatic rings. The average molecular weight is 291 g/mol. The lowest BCUT2D eigenvalue weighted by atomic mass is 10.2. The third-order valence-electron chi connectivity index (χ3n) is 3.31. The van der Waals surface area contributed by atoms with Gasteiger partial charge in [0.2, 0.25) is 5.91 Å². The molecule has 7 nitrogen and oxygen atoms in total. The Morgan fingerprint density at radius 1 is 1.33 bits per heavy atom. The maximum Gasteiger partial charge on any atom is 0.254 e.